The summed E-state index contributed by atoms with van der Waals surface area (Å²) in [6, 6.07) is 0. The average Bonchev–Trinajstić information content (AvgIpc) is 2.37. The number of esters is 2. The van der Waals surface area contributed by atoms with E-state index in [2.05, 4.69) is 0 Å². The lowest BCUT2D eigenvalue weighted by molar-refractivity contribution is -0.157. The lowest BCUT2D eigenvalue weighted by Crippen LogP contribution is -2.35. The third-order valence-corrected chi connectivity index (χ3v) is 2.42. The number of hydrogen-bond acceptors (Lipinski definition) is 5. The first-order valence-corrected chi connectivity index (χ1v) is 5.58. The fourth-order valence-electron chi connectivity index (χ4n) is 1.29. The van der Waals surface area contributed by atoms with Crippen LogP contribution in [0.1, 0.15) is 13.8 Å². The van der Waals surface area contributed by atoms with Gasteiger partial charge in [0.2, 0.25) is 0 Å². The van der Waals surface area contributed by atoms with E-state index in [4.69, 9.17) is 14.6 Å². The van der Waals surface area contributed by atoms with E-state index in [0.717, 1.165) is 18.2 Å². The number of rotatable bonds is 4. The smallest absolute Gasteiger partial charge is 0.334 e. The normalized spacial score (nSPS) is 23.3. The molecule has 0 spiro atoms. The van der Waals surface area contributed by atoms with Gasteiger partial charge in [-0.05, 0) is 26.0 Å². The largest absolute Gasteiger partial charge is 0.478 e. The molecule has 0 radical (unpaired) electrons. The Balaban J connectivity index is 2.82. The van der Waals surface area contributed by atoms with Crippen molar-refractivity contribution in [3.8, 4) is 0 Å². The Morgan fingerprint density at radius 1 is 1.47 bits per heavy atom. The Labute approximate surface area is 110 Å². The minimum atomic E-state index is -1.18. The number of carboxylic acid groups (broad SMARTS) is 1. The Morgan fingerprint density at radius 2 is 2.16 bits per heavy atom. The quantitative estimate of drug-likeness (QED) is 0.602. The van der Waals surface area contributed by atoms with Crippen LogP contribution in [0.3, 0.4) is 0 Å². The molecule has 1 rings (SSSR count). The molecule has 0 bridgehead atoms. The van der Waals surface area contributed by atoms with Crippen LogP contribution in [0, 0.1) is 0 Å². The minimum absolute atomic E-state index is 0.409. The van der Waals surface area contributed by atoms with Gasteiger partial charge in [0, 0.05) is 17.7 Å². The van der Waals surface area contributed by atoms with Gasteiger partial charge in [0.05, 0.1) is 0 Å². The summed E-state index contributed by atoms with van der Waals surface area (Å²) >= 11 is 0. The molecular weight excluding hydrogens is 252 g/mol. The van der Waals surface area contributed by atoms with Crippen molar-refractivity contribution in [2.24, 2.45) is 0 Å². The average molecular weight is 266 g/mol. The molecular formula is C13H14O6. The predicted molar refractivity (Wildman–Crippen MR) is 65.1 cm³/mol. The van der Waals surface area contributed by atoms with Gasteiger partial charge >= 0.3 is 17.9 Å². The van der Waals surface area contributed by atoms with Crippen LogP contribution in [0.5, 0.6) is 0 Å². The molecule has 2 atom stereocenters. The van der Waals surface area contributed by atoms with Crippen LogP contribution in [-0.2, 0) is 23.9 Å². The minimum Gasteiger partial charge on any atom is -0.478 e. The van der Waals surface area contributed by atoms with Gasteiger partial charge in [-0.3, -0.25) is 0 Å². The van der Waals surface area contributed by atoms with Gasteiger partial charge in [-0.15, -0.1) is 0 Å². The second kappa shape index (κ2) is 6.53. The number of hydrogen-bond donors (Lipinski definition) is 1. The van der Waals surface area contributed by atoms with Gasteiger partial charge in [0.15, 0.2) is 12.2 Å². The molecule has 0 aromatic heterocycles. The van der Waals surface area contributed by atoms with Crippen molar-refractivity contribution in [2.75, 3.05) is 0 Å². The SMILES string of the molecule is C/C=C(\C)C(=O)OC1C=CC(=O)OC1/C=C\C(=O)O. The number of allylic oxidation sites excluding steroid dienone is 1. The first-order chi connectivity index (χ1) is 8.93. The molecule has 1 N–H and O–H groups in total. The van der Waals surface area contributed by atoms with Crippen LogP contribution in [0.25, 0.3) is 0 Å². The lowest BCUT2D eigenvalue weighted by atomic mass is 10.1. The van der Waals surface area contributed by atoms with E-state index in [1.54, 1.807) is 19.9 Å². The van der Waals surface area contributed by atoms with E-state index in [1.807, 2.05) is 0 Å². The Kier molecular flexibility index (Phi) is 5.05. The monoisotopic (exact) mass is 266 g/mol. The van der Waals surface area contributed by atoms with Crippen LogP contribution in [0.2, 0.25) is 0 Å². The molecule has 1 heterocycles. The third-order valence-electron chi connectivity index (χ3n) is 2.42. The maximum atomic E-state index is 11.6. The number of aliphatic carboxylic acids is 1. The molecule has 0 aromatic carbocycles. The van der Waals surface area contributed by atoms with E-state index in [1.165, 1.54) is 6.08 Å². The molecule has 0 amide bonds. The van der Waals surface area contributed by atoms with Crippen LogP contribution >= 0.6 is 0 Å². The number of ether oxygens (including phenoxy) is 2. The highest BCUT2D eigenvalue weighted by Crippen LogP contribution is 2.15. The summed E-state index contributed by atoms with van der Waals surface area (Å²) in [5, 5.41) is 8.54. The second-order valence-corrected chi connectivity index (χ2v) is 3.80. The van der Waals surface area contributed by atoms with Gasteiger partial charge in [0.25, 0.3) is 0 Å². The number of cyclic esters (lactones) is 1. The zero-order valence-electron chi connectivity index (χ0n) is 10.5. The molecule has 6 nitrogen and oxygen atoms in total. The molecule has 0 saturated carbocycles. The third kappa shape index (κ3) is 4.42. The summed E-state index contributed by atoms with van der Waals surface area (Å²) < 4.78 is 10.0. The van der Waals surface area contributed by atoms with Crippen molar-refractivity contribution in [1.29, 1.82) is 0 Å². The summed E-state index contributed by atoms with van der Waals surface area (Å²) in [4.78, 5) is 33.1. The van der Waals surface area contributed by atoms with Gasteiger partial charge in [-0.25, -0.2) is 14.4 Å². The fraction of sp³-hybridized carbons (Fsp3) is 0.308. The van der Waals surface area contributed by atoms with Crippen LogP contribution < -0.4 is 0 Å². The Bertz CT molecular complexity index is 472. The molecule has 0 aromatic rings. The standard InChI is InChI=1S/C13H14O6/c1-3-8(2)13(17)19-10-5-7-12(16)18-9(10)4-6-11(14)15/h3-7,9-10H,1-2H3,(H,14,15)/b6-4-,8-3+. The second-order valence-electron chi connectivity index (χ2n) is 3.80. The van der Waals surface area contributed by atoms with Crippen molar-refractivity contribution in [3.05, 3.63) is 36.0 Å². The van der Waals surface area contributed by atoms with E-state index in [9.17, 15) is 14.4 Å². The molecule has 102 valence electrons. The Morgan fingerprint density at radius 3 is 2.74 bits per heavy atom. The van der Waals surface area contributed by atoms with Crippen molar-refractivity contribution in [1.82, 2.24) is 0 Å². The van der Waals surface area contributed by atoms with Gasteiger partial charge in [-0.2, -0.15) is 0 Å². The zero-order chi connectivity index (χ0) is 14.4. The molecule has 1 aliphatic heterocycles. The van der Waals surface area contributed by atoms with Crippen LogP contribution in [-0.4, -0.2) is 35.2 Å². The molecule has 6 heteroatoms. The van der Waals surface area contributed by atoms with Gasteiger partial charge in [0.1, 0.15) is 0 Å². The molecule has 0 fully saturated rings. The Hall–Kier alpha value is -2.37. The number of carboxylic acids is 1. The summed E-state index contributed by atoms with van der Waals surface area (Å²) in [5.41, 5.74) is 0.409. The summed E-state index contributed by atoms with van der Waals surface area (Å²) in [6.07, 6.45) is 4.30. The molecule has 1 aliphatic rings. The predicted octanol–water partition coefficient (Wildman–Crippen LogP) is 0.987. The van der Waals surface area contributed by atoms with E-state index in [-0.39, 0.29) is 0 Å². The highest BCUT2D eigenvalue weighted by atomic mass is 16.6. The maximum absolute atomic E-state index is 11.6. The molecule has 0 saturated heterocycles. The summed E-state index contributed by atoms with van der Waals surface area (Å²) in [7, 11) is 0. The first-order valence-electron chi connectivity index (χ1n) is 5.58. The molecule has 0 aliphatic carbocycles. The van der Waals surface area contributed by atoms with Gasteiger partial charge in [-0.1, -0.05) is 6.08 Å². The van der Waals surface area contributed by atoms with Crippen molar-refractivity contribution >= 4 is 17.9 Å². The highest BCUT2D eigenvalue weighted by molar-refractivity contribution is 5.88. The van der Waals surface area contributed by atoms with Crippen LogP contribution in [0.15, 0.2) is 36.0 Å². The summed E-state index contributed by atoms with van der Waals surface area (Å²) in [5.74, 6) is -2.35. The lowest BCUT2D eigenvalue weighted by Gasteiger charge is -2.24. The van der Waals surface area contributed by atoms with E-state index >= 15 is 0 Å². The van der Waals surface area contributed by atoms with E-state index in [0.29, 0.717) is 5.57 Å². The maximum Gasteiger partial charge on any atom is 0.334 e. The first kappa shape index (κ1) is 14.7. The summed E-state index contributed by atoms with van der Waals surface area (Å²) in [6.45, 7) is 3.28. The molecule has 19 heavy (non-hydrogen) atoms. The zero-order valence-corrected chi connectivity index (χ0v) is 10.5. The highest BCUT2D eigenvalue weighted by Gasteiger charge is 2.28. The van der Waals surface area contributed by atoms with Crippen LogP contribution in [0.4, 0.5) is 0 Å². The number of carbonyl (C=O) groups excluding carboxylic acids is 2. The van der Waals surface area contributed by atoms with Crippen molar-refractivity contribution in [2.45, 2.75) is 26.1 Å². The number of carbonyl (C=O) groups is 3. The van der Waals surface area contributed by atoms with Gasteiger partial charge < -0.3 is 14.6 Å². The fourth-order valence-corrected chi connectivity index (χ4v) is 1.29. The van der Waals surface area contributed by atoms with Crippen molar-refractivity contribution in [3.63, 3.8) is 0 Å². The molecule has 2 unspecified atom stereocenters. The van der Waals surface area contributed by atoms with Crippen molar-refractivity contribution < 1.29 is 29.0 Å². The topological polar surface area (TPSA) is 89.9 Å². The van der Waals surface area contributed by atoms with E-state index < -0.39 is 30.1 Å².